The minimum absolute atomic E-state index is 0.00414. The largest absolute Gasteiger partial charge is 0.398 e. The molecule has 0 saturated carbocycles. The van der Waals surface area contributed by atoms with Crippen molar-refractivity contribution in [2.75, 3.05) is 19.3 Å². The summed E-state index contributed by atoms with van der Waals surface area (Å²) < 4.78 is 0. The summed E-state index contributed by atoms with van der Waals surface area (Å²) in [4.78, 5) is 14.0. The molecule has 1 aromatic rings. The van der Waals surface area contributed by atoms with Crippen LogP contribution in [0.5, 0.6) is 0 Å². The Morgan fingerprint density at radius 3 is 2.41 bits per heavy atom. The lowest BCUT2D eigenvalue weighted by Gasteiger charge is -2.27. The van der Waals surface area contributed by atoms with Gasteiger partial charge in [-0.25, -0.2) is 0 Å². The molecule has 3 nitrogen and oxygen atoms in total. The molecule has 0 aromatic heterocycles. The van der Waals surface area contributed by atoms with Crippen LogP contribution in [0.3, 0.4) is 0 Å². The van der Waals surface area contributed by atoms with E-state index in [1.807, 2.05) is 26.1 Å². The second-order valence-corrected chi connectivity index (χ2v) is 5.76. The summed E-state index contributed by atoms with van der Waals surface area (Å²) in [6.07, 6.45) is 0. The van der Waals surface area contributed by atoms with E-state index in [-0.39, 0.29) is 11.3 Å². The molecule has 0 aliphatic carbocycles. The van der Waals surface area contributed by atoms with Crippen LogP contribution in [0.25, 0.3) is 0 Å². The van der Waals surface area contributed by atoms with Gasteiger partial charge in [-0.3, -0.25) is 4.79 Å². The van der Waals surface area contributed by atoms with E-state index in [4.69, 9.17) is 5.73 Å². The molecule has 0 fully saturated rings. The highest BCUT2D eigenvalue weighted by Crippen LogP contribution is 2.21. The zero-order chi connectivity index (χ0) is 13.2. The van der Waals surface area contributed by atoms with Crippen molar-refractivity contribution in [3.63, 3.8) is 0 Å². The zero-order valence-corrected chi connectivity index (χ0v) is 11.4. The van der Waals surface area contributed by atoms with Gasteiger partial charge >= 0.3 is 0 Å². The molecule has 0 heterocycles. The number of amides is 1. The second kappa shape index (κ2) is 4.78. The summed E-state index contributed by atoms with van der Waals surface area (Å²) in [6, 6.07) is 5.55. The molecule has 0 bridgehead atoms. The van der Waals surface area contributed by atoms with E-state index in [0.29, 0.717) is 17.8 Å². The molecular weight excluding hydrogens is 212 g/mol. The minimum atomic E-state index is -0.00414. The third-order valence-corrected chi connectivity index (χ3v) is 2.58. The highest BCUT2D eigenvalue weighted by molar-refractivity contribution is 6.00. The van der Waals surface area contributed by atoms with E-state index in [2.05, 4.69) is 20.8 Å². The first kappa shape index (κ1) is 13.6. The molecule has 0 saturated heterocycles. The molecule has 3 heteroatoms. The van der Waals surface area contributed by atoms with Crippen molar-refractivity contribution in [3.8, 4) is 0 Å². The average molecular weight is 234 g/mol. The average Bonchev–Trinajstić information content (AvgIpc) is 2.14. The number of carbonyl (C=O) groups is 1. The first-order valence-electron chi connectivity index (χ1n) is 5.83. The van der Waals surface area contributed by atoms with Crippen molar-refractivity contribution in [1.29, 1.82) is 0 Å². The van der Waals surface area contributed by atoms with E-state index >= 15 is 0 Å². The van der Waals surface area contributed by atoms with Gasteiger partial charge in [-0.15, -0.1) is 0 Å². The van der Waals surface area contributed by atoms with Crippen LogP contribution in [0.15, 0.2) is 18.2 Å². The summed E-state index contributed by atoms with van der Waals surface area (Å²) in [5, 5.41) is 0. The number of benzene rings is 1. The smallest absolute Gasteiger partial charge is 0.255 e. The van der Waals surface area contributed by atoms with Gasteiger partial charge in [-0.1, -0.05) is 32.9 Å². The van der Waals surface area contributed by atoms with Gasteiger partial charge in [0.2, 0.25) is 0 Å². The number of hydrogen-bond acceptors (Lipinski definition) is 2. The standard InChI is InChI=1S/C14H22N2O/c1-10-7-6-8-11(15)12(10)13(17)16(5)9-14(2,3)4/h6-8H,9,15H2,1-5H3. The molecule has 94 valence electrons. The van der Waals surface area contributed by atoms with Crippen LogP contribution >= 0.6 is 0 Å². The molecule has 0 aliphatic rings. The van der Waals surface area contributed by atoms with Crippen molar-refractivity contribution < 1.29 is 4.79 Å². The Morgan fingerprint density at radius 1 is 1.35 bits per heavy atom. The molecule has 0 spiro atoms. The highest BCUT2D eigenvalue weighted by atomic mass is 16.2. The Kier molecular flexibility index (Phi) is 3.81. The Balaban J connectivity index is 2.97. The predicted octanol–water partition coefficient (Wildman–Crippen LogP) is 2.70. The summed E-state index contributed by atoms with van der Waals surface area (Å²) in [7, 11) is 1.82. The number of nitrogen functional groups attached to an aromatic ring is 1. The SMILES string of the molecule is Cc1cccc(N)c1C(=O)N(C)CC(C)(C)C. The van der Waals surface area contributed by atoms with Crippen LogP contribution in [-0.2, 0) is 0 Å². The van der Waals surface area contributed by atoms with Gasteiger partial charge in [0.15, 0.2) is 0 Å². The van der Waals surface area contributed by atoms with E-state index in [0.717, 1.165) is 5.56 Å². The Morgan fingerprint density at radius 2 is 1.94 bits per heavy atom. The third kappa shape index (κ3) is 3.48. The van der Waals surface area contributed by atoms with Gasteiger partial charge in [0.05, 0.1) is 5.56 Å². The van der Waals surface area contributed by atoms with Crippen LogP contribution in [-0.4, -0.2) is 24.4 Å². The molecular formula is C14H22N2O. The topological polar surface area (TPSA) is 46.3 Å². The number of carbonyl (C=O) groups excluding carboxylic acids is 1. The maximum atomic E-state index is 12.3. The number of rotatable bonds is 2. The lowest BCUT2D eigenvalue weighted by molar-refractivity contribution is 0.0746. The van der Waals surface area contributed by atoms with Crippen LogP contribution in [0.4, 0.5) is 5.69 Å². The third-order valence-electron chi connectivity index (χ3n) is 2.58. The molecule has 1 amide bonds. The lowest BCUT2D eigenvalue weighted by atomic mass is 9.95. The van der Waals surface area contributed by atoms with Gasteiger partial charge in [-0.2, -0.15) is 0 Å². The fraction of sp³-hybridized carbons (Fsp3) is 0.500. The molecule has 0 unspecified atom stereocenters. The summed E-state index contributed by atoms with van der Waals surface area (Å²) in [6.45, 7) is 8.95. The van der Waals surface area contributed by atoms with E-state index in [9.17, 15) is 4.79 Å². The van der Waals surface area contributed by atoms with E-state index in [1.165, 1.54) is 0 Å². The van der Waals surface area contributed by atoms with E-state index < -0.39 is 0 Å². The van der Waals surface area contributed by atoms with Crippen LogP contribution in [0, 0.1) is 12.3 Å². The number of hydrogen-bond donors (Lipinski definition) is 1. The highest BCUT2D eigenvalue weighted by Gasteiger charge is 2.21. The molecule has 0 aliphatic heterocycles. The van der Waals surface area contributed by atoms with Crippen LogP contribution < -0.4 is 5.73 Å². The minimum Gasteiger partial charge on any atom is -0.398 e. The number of anilines is 1. The van der Waals surface area contributed by atoms with Gasteiger partial charge in [0.1, 0.15) is 0 Å². The van der Waals surface area contributed by atoms with Gasteiger partial charge < -0.3 is 10.6 Å². The van der Waals surface area contributed by atoms with Crippen molar-refractivity contribution >= 4 is 11.6 Å². The second-order valence-electron chi connectivity index (χ2n) is 5.76. The van der Waals surface area contributed by atoms with Crippen LogP contribution in [0.2, 0.25) is 0 Å². The lowest BCUT2D eigenvalue weighted by Crippen LogP contribution is -2.35. The molecule has 0 atom stereocenters. The zero-order valence-electron chi connectivity index (χ0n) is 11.4. The Labute approximate surface area is 104 Å². The molecule has 2 N–H and O–H groups in total. The maximum Gasteiger partial charge on any atom is 0.255 e. The van der Waals surface area contributed by atoms with Crippen molar-refractivity contribution in [3.05, 3.63) is 29.3 Å². The number of nitrogens with two attached hydrogens (primary N) is 1. The quantitative estimate of drug-likeness (QED) is 0.800. The summed E-state index contributed by atoms with van der Waals surface area (Å²) >= 11 is 0. The monoisotopic (exact) mass is 234 g/mol. The molecule has 0 radical (unpaired) electrons. The van der Waals surface area contributed by atoms with Crippen molar-refractivity contribution in [1.82, 2.24) is 4.90 Å². The normalized spacial score (nSPS) is 11.4. The molecule has 1 aromatic carbocycles. The van der Waals surface area contributed by atoms with E-state index in [1.54, 1.807) is 11.0 Å². The van der Waals surface area contributed by atoms with Gasteiger partial charge in [-0.05, 0) is 24.0 Å². The predicted molar refractivity (Wildman–Crippen MR) is 72.0 cm³/mol. The summed E-state index contributed by atoms with van der Waals surface area (Å²) in [5.41, 5.74) is 8.06. The summed E-state index contributed by atoms with van der Waals surface area (Å²) in [5.74, 6) is -0.00414. The van der Waals surface area contributed by atoms with Crippen molar-refractivity contribution in [2.24, 2.45) is 5.41 Å². The van der Waals surface area contributed by atoms with Gasteiger partial charge in [0, 0.05) is 19.3 Å². The fourth-order valence-electron chi connectivity index (χ4n) is 1.96. The van der Waals surface area contributed by atoms with Crippen molar-refractivity contribution in [2.45, 2.75) is 27.7 Å². The number of aryl methyl sites for hydroxylation is 1. The number of nitrogens with zero attached hydrogens (tertiary/aromatic N) is 1. The molecule has 17 heavy (non-hydrogen) atoms. The Hall–Kier alpha value is -1.51. The Bertz CT molecular complexity index is 398. The van der Waals surface area contributed by atoms with Gasteiger partial charge in [0.25, 0.3) is 5.91 Å². The van der Waals surface area contributed by atoms with Crippen LogP contribution in [0.1, 0.15) is 36.7 Å². The fourth-order valence-corrected chi connectivity index (χ4v) is 1.96. The molecule has 1 rings (SSSR count). The maximum absolute atomic E-state index is 12.3. The first-order valence-corrected chi connectivity index (χ1v) is 5.83. The first-order chi connectivity index (χ1) is 7.72.